The van der Waals surface area contributed by atoms with Crippen molar-refractivity contribution >= 4 is 27.6 Å². The second-order valence-corrected chi connectivity index (χ2v) is 9.15. The minimum atomic E-state index is -3.82. The average Bonchev–Trinajstić information content (AvgIpc) is 2.79. The SMILES string of the molecule is CCOC(=O)[C@@H]1CCCN(C(=O)c2cccc(S(=O)(=O)N(C)c3ccccc3)c2)C1. The molecule has 0 bridgehead atoms. The molecule has 1 heterocycles. The number of nitrogens with zero attached hydrogens (tertiary/aromatic N) is 2. The highest BCUT2D eigenvalue weighted by molar-refractivity contribution is 7.92. The van der Waals surface area contributed by atoms with E-state index >= 15 is 0 Å². The van der Waals surface area contributed by atoms with Gasteiger partial charge in [-0.1, -0.05) is 24.3 Å². The first-order valence-corrected chi connectivity index (χ1v) is 11.4. The molecule has 2 aromatic rings. The fourth-order valence-corrected chi connectivity index (χ4v) is 4.76. The first-order chi connectivity index (χ1) is 14.3. The van der Waals surface area contributed by atoms with E-state index in [9.17, 15) is 18.0 Å². The quantitative estimate of drug-likeness (QED) is 0.658. The molecule has 0 radical (unpaired) electrons. The molecule has 0 spiro atoms. The molecule has 0 aliphatic carbocycles. The summed E-state index contributed by atoms with van der Waals surface area (Å²) < 4.78 is 32.3. The van der Waals surface area contributed by atoms with Crippen molar-refractivity contribution in [3.8, 4) is 0 Å². The number of ether oxygens (including phenoxy) is 1. The second-order valence-electron chi connectivity index (χ2n) is 7.18. The number of amides is 1. The lowest BCUT2D eigenvalue weighted by atomic mass is 9.97. The van der Waals surface area contributed by atoms with E-state index in [1.807, 2.05) is 6.07 Å². The number of para-hydroxylation sites is 1. The maximum Gasteiger partial charge on any atom is 0.310 e. The van der Waals surface area contributed by atoms with Gasteiger partial charge in [0.05, 0.1) is 23.1 Å². The molecule has 8 heteroatoms. The standard InChI is InChI=1S/C22H26N2O5S/c1-3-29-22(26)18-10-8-14-24(16-18)21(25)17-9-7-13-20(15-17)30(27,28)23(2)19-11-5-4-6-12-19/h4-7,9,11-13,15,18H,3,8,10,14,16H2,1-2H3/t18-/m1/s1. The highest BCUT2D eigenvalue weighted by Gasteiger charge is 2.30. The highest BCUT2D eigenvalue weighted by Crippen LogP contribution is 2.24. The lowest BCUT2D eigenvalue weighted by molar-refractivity contribution is -0.149. The van der Waals surface area contributed by atoms with Crippen molar-refractivity contribution in [1.82, 2.24) is 4.90 Å². The Hall–Kier alpha value is -2.87. The third-order valence-electron chi connectivity index (χ3n) is 5.19. The van der Waals surface area contributed by atoms with Gasteiger partial charge in [-0.05, 0) is 50.1 Å². The van der Waals surface area contributed by atoms with E-state index in [1.165, 1.54) is 23.5 Å². The van der Waals surface area contributed by atoms with Crippen LogP contribution in [0.4, 0.5) is 5.69 Å². The van der Waals surface area contributed by atoms with E-state index < -0.39 is 10.0 Å². The molecule has 0 aromatic heterocycles. The average molecular weight is 431 g/mol. The van der Waals surface area contributed by atoms with Gasteiger partial charge in [0.15, 0.2) is 0 Å². The molecule has 1 aliphatic rings. The van der Waals surface area contributed by atoms with Crippen LogP contribution in [0.3, 0.4) is 0 Å². The number of carbonyl (C=O) groups is 2. The van der Waals surface area contributed by atoms with Crippen LogP contribution in [0.2, 0.25) is 0 Å². The normalized spacial score (nSPS) is 16.7. The molecule has 1 amide bonds. The van der Waals surface area contributed by atoms with Crippen molar-refractivity contribution in [2.24, 2.45) is 5.92 Å². The summed E-state index contributed by atoms with van der Waals surface area (Å²) >= 11 is 0. The van der Waals surface area contributed by atoms with Crippen molar-refractivity contribution in [3.05, 3.63) is 60.2 Å². The van der Waals surface area contributed by atoms with Crippen LogP contribution in [-0.4, -0.2) is 51.9 Å². The van der Waals surface area contributed by atoms with Gasteiger partial charge >= 0.3 is 5.97 Å². The van der Waals surface area contributed by atoms with Crippen LogP contribution < -0.4 is 4.31 Å². The van der Waals surface area contributed by atoms with Crippen LogP contribution >= 0.6 is 0 Å². The Bertz CT molecular complexity index is 1010. The molecule has 3 rings (SSSR count). The fraction of sp³-hybridized carbons (Fsp3) is 0.364. The van der Waals surface area contributed by atoms with Gasteiger partial charge in [0.25, 0.3) is 15.9 Å². The number of benzene rings is 2. The zero-order chi connectivity index (χ0) is 21.7. The summed E-state index contributed by atoms with van der Waals surface area (Å²) in [5, 5.41) is 0. The maximum absolute atomic E-state index is 13.0. The van der Waals surface area contributed by atoms with Gasteiger partial charge < -0.3 is 9.64 Å². The Morgan fingerprint density at radius 1 is 1.13 bits per heavy atom. The van der Waals surface area contributed by atoms with E-state index in [2.05, 4.69) is 0 Å². The predicted octanol–water partition coefficient (Wildman–Crippen LogP) is 2.93. The fourth-order valence-electron chi connectivity index (χ4n) is 3.52. The minimum absolute atomic E-state index is 0.0404. The zero-order valence-corrected chi connectivity index (χ0v) is 18.0. The smallest absolute Gasteiger partial charge is 0.310 e. The number of rotatable bonds is 6. The number of hydrogen-bond acceptors (Lipinski definition) is 5. The maximum atomic E-state index is 13.0. The zero-order valence-electron chi connectivity index (χ0n) is 17.2. The van der Waals surface area contributed by atoms with Gasteiger partial charge in [-0.3, -0.25) is 13.9 Å². The van der Waals surface area contributed by atoms with Crippen molar-refractivity contribution in [3.63, 3.8) is 0 Å². The van der Waals surface area contributed by atoms with Crippen LogP contribution in [0, 0.1) is 5.92 Å². The summed E-state index contributed by atoms with van der Waals surface area (Å²) in [5.41, 5.74) is 0.810. The lowest BCUT2D eigenvalue weighted by Crippen LogP contribution is -2.42. The molecule has 7 nitrogen and oxygen atoms in total. The van der Waals surface area contributed by atoms with Crippen molar-refractivity contribution in [2.45, 2.75) is 24.7 Å². The van der Waals surface area contributed by atoms with E-state index in [-0.39, 0.29) is 34.8 Å². The van der Waals surface area contributed by atoms with Gasteiger partial charge in [0.1, 0.15) is 0 Å². The molecule has 0 N–H and O–H groups in total. The minimum Gasteiger partial charge on any atom is -0.466 e. The van der Waals surface area contributed by atoms with Crippen LogP contribution in [0.25, 0.3) is 0 Å². The Labute approximate surface area is 177 Å². The third kappa shape index (κ3) is 4.64. The molecule has 1 fully saturated rings. The number of carbonyl (C=O) groups excluding carboxylic acids is 2. The Morgan fingerprint density at radius 3 is 2.57 bits per heavy atom. The van der Waals surface area contributed by atoms with Gasteiger partial charge in [-0.15, -0.1) is 0 Å². The van der Waals surface area contributed by atoms with E-state index in [0.29, 0.717) is 31.7 Å². The van der Waals surface area contributed by atoms with Crippen LogP contribution in [0.15, 0.2) is 59.5 Å². The number of likely N-dealkylation sites (tertiary alicyclic amines) is 1. The molecule has 160 valence electrons. The van der Waals surface area contributed by atoms with E-state index in [0.717, 1.165) is 0 Å². The van der Waals surface area contributed by atoms with Gasteiger partial charge in [-0.2, -0.15) is 0 Å². The summed E-state index contributed by atoms with van der Waals surface area (Å²) in [6, 6.07) is 14.8. The van der Waals surface area contributed by atoms with Gasteiger partial charge in [0.2, 0.25) is 0 Å². The second kappa shape index (κ2) is 9.30. The summed E-state index contributed by atoms with van der Waals surface area (Å²) in [6.07, 6.45) is 1.38. The van der Waals surface area contributed by atoms with Crippen LogP contribution in [0.1, 0.15) is 30.1 Å². The molecule has 0 saturated carbocycles. The van der Waals surface area contributed by atoms with E-state index in [1.54, 1.807) is 48.2 Å². The highest BCUT2D eigenvalue weighted by atomic mass is 32.2. The summed E-state index contributed by atoms with van der Waals surface area (Å²) in [4.78, 5) is 26.7. The van der Waals surface area contributed by atoms with E-state index in [4.69, 9.17) is 4.74 Å². The van der Waals surface area contributed by atoms with Crippen molar-refractivity contribution < 1.29 is 22.7 Å². The lowest BCUT2D eigenvalue weighted by Gasteiger charge is -2.31. The predicted molar refractivity (Wildman–Crippen MR) is 114 cm³/mol. The van der Waals surface area contributed by atoms with Crippen molar-refractivity contribution in [1.29, 1.82) is 0 Å². The Kier molecular flexibility index (Phi) is 6.77. The summed E-state index contributed by atoms with van der Waals surface area (Å²) in [5.74, 6) is -0.932. The first-order valence-electron chi connectivity index (χ1n) is 9.94. The van der Waals surface area contributed by atoms with Gasteiger partial charge in [0, 0.05) is 25.7 Å². The molecule has 2 aromatic carbocycles. The molecule has 30 heavy (non-hydrogen) atoms. The largest absolute Gasteiger partial charge is 0.466 e. The van der Waals surface area contributed by atoms with Crippen LogP contribution in [-0.2, 0) is 19.6 Å². The first kappa shape index (κ1) is 21.8. The monoisotopic (exact) mass is 430 g/mol. The Morgan fingerprint density at radius 2 is 1.87 bits per heavy atom. The molecule has 0 unspecified atom stereocenters. The summed E-state index contributed by atoms with van der Waals surface area (Å²) in [7, 11) is -2.34. The summed E-state index contributed by atoms with van der Waals surface area (Å²) in [6.45, 7) is 2.86. The van der Waals surface area contributed by atoms with Gasteiger partial charge in [-0.25, -0.2) is 8.42 Å². The molecule has 1 aliphatic heterocycles. The number of hydrogen-bond donors (Lipinski definition) is 0. The number of sulfonamides is 1. The number of piperidine rings is 1. The number of esters is 1. The molecular formula is C22H26N2O5S. The number of anilines is 1. The molecule has 1 saturated heterocycles. The van der Waals surface area contributed by atoms with Crippen LogP contribution in [0.5, 0.6) is 0 Å². The topological polar surface area (TPSA) is 84.0 Å². The third-order valence-corrected chi connectivity index (χ3v) is 6.97. The Balaban J connectivity index is 1.81. The molecular weight excluding hydrogens is 404 g/mol. The molecule has 1 atom stereocenters. The van der Waals surface area contributed by atoms with Crippen molar-refractivity contribution in [2.75, 3.05) is 31.0 Å².